The first-order chi connectivity index (χ1) is 9.04. The third kappa shape index (κ3) is 5.44. The number of likely N-dealkylation sites (N-methyl/N-ethyl adjacent to an activating group) is 1. The molecule has 0 saturated carbocycles. The fourth-order valence-corrected chi connectivity index (χ4v) is 2.07. The number of aliphatic carboxylic acids is 1. The molecule has 2 amide bonds. The third-order valence-corrected chi connectivity index (χ3v) is 3.28. The highest BCUT2D eigenvalue weighted by molar-refractivity contribution is 5.74. The van der Waals surface area contributed by atoms with E-state index in [1.165, 1.54) is 0 Å². The second kappa shape index (κ2) is 7.96. The molecule has 0 aromatic heterocycles. The van der Waals surface area contributed by atoms with E-state index in [4.69, 9.17) is 9.84 Å². The van der Waals surface area contributed by atoms with Crippen molar-refractivity contribution in [3.8, 4) is 0 Å². The van der Waals surface area contributed by atoms with E-state index < -0.39 is 5.97 Å². The number of piperazine rings is 1. The van der Waals surface area contributed by atoms with Crippen molar-refractivity contribution in [1.29, 1.82) is 0 Å². The molecule has 0 aromatic rings. The van der Waals surface area contributed by atoms with E-state index in [0.717, 1.165) is 26.1 Å². The number of rotatable bonds is 6. The summed E-state index contributed by atoms with van der Waals surface area (Å²) in [5.41, 5.74) is 0. The molecule has 1 aliphatic rings. The molecule has 0 bridgehead atoms. The predicted molar refractivity (Wildman–Crippen MR) is 70.1 cm³/mol. The van der Waals surface area contributed by atoms with Gasteiger partial charge in [0.15, 0.2) is 0 Å². The number of hydrogen-bond acceptors (Lipinski definition) is 4. The number of nitrogens with zero attached hydrogens (tertiary/aromatic N) is 2. The summed E-state index contributed by atoms with van der Waals surface area (Å²) in [7, 11) is 2.07. The number of urea groups is 1. The predicted octanol–water partition coefficient (Wildman–Crippen LogP) is -0.177. The molecule has 1 unspecified atom stereocenters. The van der Waals surface area contributed by atoms with Crippen LogP contribution >= 0.6 is 0 Å². The van der Waals surface area contributed by atoms with Crippen LogP contribution in [0.15, 0.2) is 0 Å². The van der Waals surface area contributed by atoms with Crippen LogP contribution in [-0.4, -0.2) is 79.4 Å². The number of hydrogen-bond donors (Lipinski definition) is 2. The number of carbonyl (C=O) groups is 2. The monoisotopic (exact) mass is 273 g/mol. The van der Waals surface area contributed by atoms with Crippen molar-refractivity contribution in [3.63, 3.8) is 0 Å². The van der Waals surface area contributed by atoms with E-state index in [2.05, 4.69) is 24.2 Å². The Kier molecular flexibility index (Phi) is 6.58. The number of ether oxygens (including phenoxy) is 1. The minimum Gasteiger partial charge on any atom is -0.480 e. The standard InChI is InChI=1S/C12H23N3O4/c1-3-10-8-15(6-5-14(10)2)12(18)13-4-7-19-9-11(16)17/h10H,3-9H2,1-2H3,(H,13,18)(H,16,17). The summed E-state index contributed by atoms with van der Waals surface area (Å²) in [6, 6.07) is 0.299. The molecule has 0 aliphatic carbocycles. The highest BCUT2D eigenvalue weighted by atomic mass is 16.5. The average Bonchev–Trinajstić information content (AvgIpc) is 2.38. The number of nitrogens with one attached hydrogen (secondary N) is 1. The van der Waals surface area contributed by atoms with Crippen LogP contribution in [0.5, 0.6) is 0 Å². The zero-order chi connectivity index (χ0) is 14.3. The molecule has 2 N–H and O–H groups in total. The van der Waals surface area contributed by atoms with Gasteiger partial charge in [0.2, 0.25) is 0 Å². The van der Waals surface area contributed by atoms with Gasteiger partial charge in [-0.1, -0.05) is 6.92 Å². The Morgan fingerprint density at radius 3 is 2.79 bits per heavy atom. The Balaban J connectivity index is 2.20. The van der Waals surface area contributed by atoms with Gasteiger partial charge in [-0.25, -0.2) is 9.59 Å². The molecule has 1 rings (SSSR count). The fourth-order valence-electron chi connectivity index (χ4n) is 2.07. The fraction of sp³-hybridized carbons (Fsp3) is 0.833. The summed E-state index contributed by atoms with van der Waals surface area (Å²) < 4.78 is 4.85. The zero-order valence-corrected chi connectivity index (χ0v) is 11.6. The molecule has 7 heteroatoms. The SMILES string of the molecule is CCC1CN(C(=O)NCCOCC(=O)O)CCN1C. The molecule has 0 radical (unpaired) electrons. The van der Waals surface area contributed by atoms with Crippen molar-refractivity contribution < 1.29 is 19.4 Å². The van der Waals surface area contributed by atoms with Crippen LogP contribution in [0.4, 0.5) is 4.79 Å². The van der Waals surface area contributed by atoms with E-state index in [0.29, 0.717) is 12.6 Å². The summed E-state index contributed by atoms with van der Waals surface area (Å²) in [6.45, 7) is 4.65. The van der Waals surface area contributed by atoms with Crippen LogP contribution in [0.25, 0.3) is 0 Å². The Morgan fingerprint density at radius 2 is 2.16 bits per heavy atom. The Morgan fingerprint density at radius 1 is 1.42 bits per heavy atom. The average molecular weight is 273 g/mol. The lowest BCUT2D eigenvalue weighted by atomic mass is 10.1. The maximum Gasteiger partial charge on any atom is 0.329 e. The second-order valence-electron chi connectivity index (χ2n) is 4.67. The highest BCUT2D eigenvalue weighted by Gasteiger charge is 2.25. The summed E-state index contributed by atoms with van der Waals surface area (Å²) in [5, 5.41) is 11.1. The van der Waals surface area contributed by atoms with E-state index in [-0.39, 0.29) is 19.2 Å². The number of carbonyl (C=O) groups excluding carboxylic acids is 1. The van der Waals surface area contributed by atoms with Gasteiger partial charge in [0.05, 0.1) is 6.61 Å². The molecule has 1 aliphatic heterocycles. The third-order valence-electron chi connectivity index (χ3n) is 3.28. The molecule has 1 saturated heterocycles. The minimum absolute atomic E-state index is 0.106. The number of carboxylic acid groups (broad SMARTS) is 1. The van der Waals surface area contributed by atoms with Gasteiger partial charge in [0, 0.05) is 32.2 Å². The second-order valence-corrected chi connectivity index (χ2v) is 4.67. The van der Waals surface area contributed by atoms with Crippen LogP contribution in [0, 0.1) is 0 Å². The Bertz CT molecular complexity index is 311. The Hall–Kier alpha value is -1.34. The van der Waals surface area contributed by atoms with Crippen molar-refractivity contribution in [2.45, 2.75) is 19.4 Å². The first-order valence-electron chi connectivity index (χ1n) is 6.57. The highest BCUT2D eigenvalue weighted by Crippen LogP contribution is 2.10. The van der Waals surface area contributed by atoms with Gasteiger partial charge in [0.25, 0.3) is 0 Å². The van der Waals surface area contributed by atoms with Crippen LogP contribution in [0.1, 0.15) is 13.3 Å². The summed E-state index contributed by atoms with van der Waals surface area (Å²) >= 11 is 0. The van der Waals surface area contributed by atoms with Crippen LogP contribution in [0.2, 0.25) is 0 Å². The first kappa shape index (κ1) is 15.7. The van der Waals surface area contributed by atoms with Gasteiger partial charge in [-0.3, -0.25) is 4.90 Å². The van der Waals surface area contributed by atoms with E-state index in [1.807, 2.05) is 0 Å². The lowest BCUT2D eigenvalue weighted by Gasteiger charge is -2.39. The topological polar surface area (TPSA) is 82.1 Å². The maximum atomic E-state index is 11.9. The van der Waals surface area contributed by atoms with E-state index in [1.54, 1.807) is 4.90 Å². The van der Waals surface area contributed by atoms with Crippen LogP contribution in [-0.2, 0) is 9.53 Å². The van der Waals surface area contributed by atoms with E-state index >= 15 is 0 Å². The summed E-state index contributed by atoms with van der Waals surface area (Å²) in [5.74, 6) is -1.00. The van der Waals surface area contributed by atoms with Gasteiger partial charge in [-0.2, -0.15) is 0 Å². The lowest BCUT2D eigenvalue weighted by molar-refractivity contribution is -0.142. The van der Waals surface area contributed by atoms with Crippen molar-refractivity contribution in [2.75, 3.05) is 46.4 Å². The minimum atomic E-state index is -1.00. The maximum absolute atomic E-state index is 11.9. The number of amides is 2. The first-order valence-corrected chi connectivity index (χ1v) is 6.57. The van der Waals surface area contributed by atoms with Crippen molar-refractivity contribution in [3.05, 3.63) is 0 Å². The molecule has 7 nitrogen and oxygen atoms in total. The van der Waals surface area contributed by atoms with Crippen molar-refractivity contribution in [1.82, 2.24) is 15.1 Å². The van der Waals surface area contributed by atoms with Gasteiger partial charge < -0.3 is 20.1 Å². The Labute approximate surface area is 113 Å². The van der Waals surface area contributed by atoms with Crippen molar-refractivity contribution in [2.24, 2.45) is 0 Å². The molecule has 0 aromatic carbocycles. The van der Waals surface area contributed by atoms with Crippen LogP contribution in [0.3, 0.4) is 0 Å². The van der Waals surface area contributed by atoms with Gasteiger partial charge >= 0.3 is 12.0 Å². The summed E-state index contributed by atoms with van der Waals surface area (Å²) in [4.78, 5) is 26.2. The smallest absolute Gasteiger partial charge is 0.329 e. The zero-order valence-electron chi connectivity index (χ0n) is 11.6. The quantitative estimate of drug-likeness (QED) is 0.656. The molecule has 1 heterocycles. The molecule has 1 atom stereocenters. The summed E-state index contributed by atoms with van der Waals surface area (Å²) in [6.07, 6.45) is 1.02. The normalized spacial score (nSPS) is 20.3. The van der Waals surface area contributed by atoms with Gasteiger partial charge in [-0.15, -0.1) is 0 Å². The molecular formula is C12H23N3O4. The van der Waals surface area contributed by atoms with Crippen LogP contribution < -0.4 is 5.32 Å². The molecule has 110 valence electrons. The molecule has 0 spiro atoms. The largest absolute Gasteiger partial charge is 0.480 e. The molecule has 19 heavy (non-hydrogen) atoms. The number of carboxylic acids is 1. The van der Waals surface area contributed by atoms with Crippen molar-refractivity contribution >= 4 is 12.0 Å². The molecular weight excluding hydrogens is 250 g/mol. The van der Waals surface area contributed by atoms with Gasteiger partial charge in [-0.05, 0) is 13.5 Å². The van der Waals surface area contributed by atoms with Gasteiger partial charge in [0.1, 0.15) is 6.61 Å². The lowest BCUT2D eigenvalue weighted by Crippen LogP contribution is -2.55. The van der Waals surface area contributed by atoms with E-state index in [9.17, 15) is 9.59 Å². The molecule has 1 fully saturated rings.